The molecular formula is C23H35N3O3. The molecule has 6 nitrogen and oxygen atoms in total. The van der Waals surface area contributed by atoms with Crippen LogP contribution in [0.3, 0.4) is 0 Å². The van der Waals surface area contributed by atoms with Crippen molar-refractivity contribution in [2.24, 2.45) is 11.3 Å². The van der Waals surface area contributed by atoms with Crippen molar-refractivity contribution in [3.05, 3.63) is 23.4 Å². The second-order valence-electron chi connectivity index (χ2n) is 9.24. The Kier molecular flexibility index (Phi) is 6.42. The van der Waals surface area contributed by atoms with Crippen LogP contribution in [0, 0.1) is 11.3 Å². The number of hydrogen-bond donors (Lipinski definition) is 1. The van der Waals surface area contributed by atoms with E-state index in [9.17, 15) is 0 Å². The molecule has 2 aliphatic rings. The Morgan fingerprint density at radius 3 is 2.69 bits per heavy atom. The predicted octanol–water partition coefficient (Wildman–Crippen LogP) is 3.63. The Bertz CT molecular complexity index is 807. The van der Waals surface area contributed by atoms with Gasteiger partial charge in [0.15, 0.2) is 5.58 Å². The van der Waals surface area contributed by atoms with Gasteiger partial charge in [-0.25, -0.2) is 0 Å². The number of aromatic nitrogens is 1. The molecule has 1 aromatic heterocycles. The van der Waals surface area contributed by atoms with Crippen molar-refractivity contribution in [2.45, 2.75) is 45.1 Å². The fourth-order valence-electron chi connectivity index (χ4n) is 4.43. The maximum absolute atomic E-state index is 6.29. The highest BCUT2D eigenvalue weighted by Crippen LogP contribution is 2.46. The number of ether oxygens (including phenoxy) is 2. The van der Waals surface area contributed by atoms with Crippen LogP contribution in [0.1, 0.15) is 43.4 Å². The molecular weight excluding hydrogens is 366 g/mol. The SMILES string of the molecule is COCC1(COc2ccc3c(CCC4CCNCC4)noc3c2CN(C)C)CC1. The Balaban J connectivity index is 1.51. The van der Waals surface area contributed by atoms with E-state index in [2.05, 4.69) is 41.6 Å². The van der Waals surface area contributed by atoms with Crippen molar-refractivity contribution < 1.29 is 14.0 Å². The first-order chi connectivity index (χ1) is 14.1. The van der Waals surface area contributed by atoms with Crippen LogP contribution in [-0.2, 0) is 17.7 Å². The molecule has 4 rings (SSSR count). The van der Waals surface area contributed by atoms with Crippen LogP contribution in [0.15, 0.2) is 16.7 Å². The van der Waals surface area contributed by atoms with Crippen LogP contribution in [0.2, 0.25) is 0 Å². The number of rotatable bonds is 10. The molecule has 1 saturated heterocycles. The fourth-order valence-corrected chi connectivity index (χ4v) is 4.43. The van der Waals surface area contributed by atoms with Crippen LogP contribution < -0.4 is 10.1 Å². The Hall–Kier alpha value is -1.63. The molecule has 0 atom stereocenters. The maximum Gasteiger partial charge on any atom is 0.175 e. The molecule has 6 heteroatoms. The number of fused-ring (bicyclic) bond motifs is 1. The molecule has 1 aliphatic heterocycles. The molecule has 2 aromatic rings. The third-order valence-corrected chi connectivity index (χ3v) is 6.44. The fraction of sp³-hybridized carbons (Fsp3) is 0.696. The van der Waals surface area contributed by atoms with Crippen molar-refractivity contribution in [1.29, 1.82) is 0 Å². The maximum atomic E-state index is 6.29. The second kappa shape index (κ2) is 9.02. The van der Waals surface area contributed by atoms with E-state index in [-0.39, 0.29) is 5.41 Å². The zero-order chi connectivity index (χ0) is 20.3. The van der Waals surface area contributed by atoms with Crippen LogP contribution in [0.25, 0.3) is 11.0 Å². The zero-order valence-corrected chi connectivity index (χ0v) is 18.1. The van der Waals surface area contributed by atoms with Crippen LogP contribution in [0.5, 0.6) is 5.75 Å². The van der Waals surface area contributed by atoms with Crippen molar-refractivity contribution in [3.8, 4) is 5.75 Å². The van der Waals surface area contributed by atoms with E-state index in [0.29, 0.717) is 6.61 Å². The molecule has 0 radical (unpaired) electrons. The van der Waals surface area contributed by atoms with Gasteiger partial charge >= 0.3 is 0 Å². The van der Waals surface area contributed by atoms with Gasteiger partial charge in [-0.15, -0.1) is 0 Å². The van der Waals surface area contributed by atoms with Gasteiger partial charge in [-0.3, -0.25) is 0 Å². The van der Waals surface area contributed by atoms with Crippen LogP contribution in [0.4, 0.5) is 0 Å². The van der Waals surface area contributed by atoms with Gasteiger partial charge in [0.05, 0.1) is 24.5 Å². The molecule has 0 spiro atoms. The summed E-state index contributed by atoms with van der Waals surface area (Å²) >= 11 is 0. The molecule has 2 fully saturated rings. The highest BCUT2D eigenvalue weighted by Gasteiger charge is 2.43. The third kappa shape index (κ3) is 4.93. The summed E-state index contributed by atoms with van der Waals surface area (Å²) in [5.74, 6) is 1.71. The monoisotopic (exact) mass is 401 g/mol. The van der Waals surface area contributed by atoms with Crippen LogP contribution in [-0.4, -0.2) is 57.6 Å². The zero-order valence-electron chi connectivity index (χ0n) is 18.1. The van der Waals surface area contributed by atoms with Crippen molar-refractivity contribution >= 4 is 11.0 Å². The summed E-state index contributed by atoms with van der Waals surface area (Å²) in [4.78, 5) is 2.15. The van der Waals surface area contributed by atoms with Gasteiger partial charge in [0.1, 0.15) is 5.75 Å². The van der Waals surface area contributed by atoms with Gasteiger partial charge < -0.3 is 24.2 Å². The number of piperidine rings is 1. The molecule has 0 bridgehead atoms. The molecule has 1 aromatic carbocycles. The highest BCUT2D eigenvalue weighted by molar-refractivity contribution is 5.84. The van der Waals surface area contributed by atoms with Crippen molar-refractivity contribution in [3.63, 3.8) is 0 Å². The number of methoxy groups -OCH3 is 1. The summed E-state index contributed by atoms with van der Waals surface area (Å²) in [6.45, 7) is 4.52. The molecule has 0 unspecified atom stereocenters. The lowest BCUT2D eigenvalue weighted by molar-refractivity contribution is 0.104. The molecule has 160 valence electrons. The normalized spacial score (nSPS) is 19.2. The van der Waals surface area contributed by atoms with Gasteiger partial charge in [0.25, 0.3) is 0 Å². The molecule has 1 N–H and O–H groups in total. The third-order valence-electron chi connectivity index (χ3n) is 6.44. The van der Waals surface area contributed by atoms with Gasteiger partial charge in [-0.2, -0.15) is 0 Å². The number of hydrogen-bond acceptors (Lipinski definition) is 6. The summed E-state index contributed by atoms with van der Waals surface area (Å²) in [6, 6.07) is 4.24. The molecule has 0 amide bonds. The summed E-state index contributed by atoms with van der Waals surface area (Å²) < 4.78 is 17.5. The van der Waals surface area contributed by atoms with Gasteiger partial charge in [0.2, 0.25) is 0 Å². The van der Waals surface area contributed by atoms with Gasteiger partial charge in [-0.1, -0.05) is 5.16 Å². The lowest BCUT2D eigenvalue weighted by Crippen LogP contribution is -2.27. The largest absolute Gasteiger partial charge is 0.492 e. The van der Waals surface area contributed by atoms with E-state index < -0.39 is 0 Å². The summed E-state index contributed by atoms with van der Waals surface area (Å²) in [6.07, 6.45) is 7.05. The van der Waals surface area contributed by atoms with Gasteiger partial charge in [-0.05, 0) is 83.8 Å². The van der Waals surface area contributed by atoms with Crippen molar-refractivity contribution in [2.75, 3.05) is 47.5 Å². The van der Waals surface area contributed by atoms with E-state index in [4.69, 9.17) is 14.0 Å². The number of nitrogens with one attached hydrogen (secondary N) is 1. The summed E-state index contributed by atoms with van der Waals surface area (Å²) in [5.41, 5.74) is 3.26. The molecule has 1 aliphatic carbocycles. The first-order valence-corrected chi connectivity index (χ1v) is 11.0. The van der Waals surface area contributed by atoms with E-state index in [0.717, 1.165) is 66.6 Å². The molecule has 2 heterocycles. The van der Waals surface area contributed by atoms with Gasteiger partial charge in [0, 0.05) is 24.5 Å². The van der Waals surface area contributed by atoms with E-state index in [1.807, 2.05) is 0 Å². The van der Waals surface area contributed by atoms with Crippen LogP contribution >= 0.6 is 0 Å². The average molecular weight is 402 g/mol. The highest BCUT2D eigenvalue weighted by atomic mass is 16.5. The standard InChI is InChI=1S/C23H35N3O3/c1-26(2)14-19-21(28-16-23(10-11-23)15-27-3)7-5-18-20(25-29-22(18)19)6-4-17-8-12-24-13-9-17/h5,7,17,24H,4,6,8-16H2,1-3H3. The lowest BCUT2D eigenvalue weighted by atomic mass is 9.92. The summed E-state index contributed by atoms with van der Waals surface area (Å²) in [5, 5.41) is 9.04. The Morgan fingerprint density at radius 1 is 1.21 bits per heavy atom. The average Bonchev–Trinajstić information content (AvgIpc) is 3.36. The smallest absolute Gasteiger partial charge is 0.175 e. The Morgan fingerprint density at radius 2 is 2.00 bits per heavy atom. The quantitative estimate of drug-likeness (QED) is 0.656. The number of aryl methyl sites for hydroxylation is 1. The number of benzene rings is 1. The summed E-state index contributed by atoms with van der Waals surface area (Å²) in [7, 11) is 5.91. The minimum absolute atomic E-state index is 0.195. The molecule has 29 heavy (non-hydrogen) atoms. The predicted molar refractivity (Wildman–Crippen MR) is 114 cm³/mol. The van der Waals surface area contributed by atoms with E-state index in [1.54, 1.807) is 7.11 Å². The van der Waals surface area contributed by atoms with E-state index in [1.165, 1.54) is 32.1 Å². The second-order valence-corrected chi connectivity index (χ2v) is 9.24. The first-order valence-electron chi connectivity index (χ1n) is 11.0. The lowest BCUT2D eigenvalue weighted by Gasteiger charge is -2.22. The topological polar surface area (TPSA) is 59.8 Å². The number of nitrogens with zero attached hydrogens (tertiary/aromatic N) is 2. The molecule has 1 saturated carbocycles. The minimum Gasteiger partial charge on any atom is -0.492 e. The first kappa shape index (κ1) is 20.6. The Labute approximate surface area is 173 Å². The van der Waals surface area contributed by atoms with Crippen molar-refractivity contribution in [1.82, 2.24) is 15.4 Å². The van der Waals surface area contributed by atoms with E-state index >= 15 is 0 Å². The minimum atomic E-state index is 0.195.